The van der Waals surface area contributed by atoms with Crippen LogP contribution in [0.3, 0.4) is 0 Å². The molecule has 156 valence electrons. The van der Waals surface area contributed by atoms with Gasteiger partial charge in [-0.05, 0) is 31.7 Å². The number of aliphatic hydroxyl groups is 1. The zero-order valence-corrected chi connectivity index (χ0v) is 16.8. The first-order chi connectivity index (χ1) is 13.9. The van der Waals surface area contributed by atoms with E-state index in [2.05, 4.69) is 0 Å². The first-order valence-corrected chi connectivity index (χ1v) is 11.0. The number of aromatic hydroxyl groups is 1. The Morgan fingerprint density at radius 3 is 2.52 bits per heavy atom. The van der Waals surface area contributed by atoms with Crippen molar-refractivity contribution in [1.29, 1.82) is 0 Å². The average Bonchev–Trinajstić information content (AvgIpc) is 3.18. The summed E-state index contributed by atoms with van der Waals surface area (Å²) in [5.41, 5.74) is 0.625. The molecule has 29 heavy (non-hydrogen) atoms. The van der Waals surface area contributed by atoms with Crippen LogP contribution in [0.1, 0.15) is 63.5 Å². The molecule has 2 N–H and O–H groups in total. The van der Waals surface area contributed by atoms with Crippen molar-refractivity contribution in [3.05, 3.63) is 29.8 Å². The summed E-state index contributed by atoms with van der Waals surface area (Å²) < 4.78 is 6.12. The number of carbonyl (C=O) groups is 2. The Morgan fingerprint density at radius 1 is 1.07 bits per heavy atom. The van der Waals surface area contributed by atoms with Crippen molar-refractivity contribution in [3.8, 4) is 5.75 Å². The van der Waals surface area contributed by atoms with E-state index in [-0.39, 0.29) is 35.4 Å². The Balaban J connectivity index is 1.47. The van der Waals surface area contributed by atoms with Gasteiger partial charge in [-0.2, -0.15) is 0 Å². The minimum atomic E-state index is -1.45. The van der Waals surface area contributed by atoms with Gasteiger partial charge in [0.05, 0.1) is 17.9 Å². The highest BCUT2D eigenvalue weighted by molar-refractivity contribution is 6.05. The molecule has 2 amide bonds. The summed E-state index contributed by atoms with van der Waals surface area (Å²) >= 11 is 0. The SMILES string of the molecule is C[C@H]1C[C@@H]2C(=O)N(C3CCCCC3)C(=O)[C@@H]2[C@@H]2C[C@@H](c3ccccc3O)O[C@]12O. The molecule has 6 nitrogen and oxygen atoms in total. The first kappa shape index (κ1) is 19.1. The van der Waals surface area contributed by atoms with Crippen molar-refractivity contribution in [2.75, 3.05) is 0 Å². The van der Waals surface area contributed by atoms with E-state index in [9.17, 15) is 19.8 Å². The molecular weight excluding hydrogens is 370 g/mol. The largest absolute Gasteiger partial charge is 0.508 e. The third kappa shape index (κ3) is 2.76. The van der Waals surface area contributed by atoms with Gasteiger partial charge in [0.15, 0.2) is 5.79 Å². The Kier molecular flexibility index (Phi) is 4.48. The maximum Gasteiger partial charge on any atom is 0.233 e. The number of likely N-dealkylation sites (tertiary alicyclic amines) is 1. The molecule has 0 spiro atoms. The molecule has 2 saturated carbocycles. The van der Waals surface area contributed by atoms with Crippen molar-refractivity contribution >= 4 is 11.8 Å². The van der Waals surface area contributed by atoms with Crippen LogP contribution in [0.2, 0.25) is 0 Å². The number of ether oxygens (including phenoxy) is 1. The predicted molar refractivity (Wildman–Crippen MR) is 104 cm³/mol. The van der Waals surface area contributed by atoms with E-state index < -0.39 is 23.7 Å². The molecule has 1 aromatic carbocycles. The van der Waals surface area contributed by atoms with Gasteiger partial charge in [-0.15, -0.1) is 0 Å². The van der Waals surface area contributed by atoms with Crippen LogP contribution in [0.15, 0.2) is 24.3 Å². The van der Waals surface area contributed by atoms with Crippen LogP contribution in [0, 0.1) is 23.7 Å². The fourth-order valence-electron chi connectivity index (χ4n) is 6.32. The van der Waals surface area contributed by atoms with Crippen molar-refractivity contribution in [1.82, 2.24) is 4.90 Å². The van der Waals surface area contributed by atoms with Gasteiger partial charge in [0.2, 0.25) is 11.8 Å². The molecule has 2 aliphatic carbocycles. The summed E-state index contributed by atoms with van der Waals surface area (Å²) in [6, 6.07) is 6.97. The normalized spacial score (nSPS) is 40.2. The molecule has 0 bridgehead atoms. The fourth-order valence-corrected chi connectivity index (χ4v) is 6.32. The number of benzene rings is 1. The highest BCUT2D eigenvalue weighted by Gasteiger charge is 2.66. The van der Waals surface area contributed by atoms with Gasteiger partial charge in [-0.3, -0.25) is 14.5 Å². The Bertz CT molecular complexity index is 834. The fraction of sp³-hybridized carbons (Fsp3) is 0.652. The molecule has 4 aliphatic rings. The molecule has 1 aromatic rings. The summed E-state index contributed by atoms with van der Waals surface area (Å²) in [6.45, 7) is 1.90. The number of amides is 2. The van der Waals surface area contributed by atoms with Gasteiger partial charge in [0.1, 0.15) is 5.75 Å². The minimum Gasteiger partial charge on any atom is -0.508 e. The summed E-state index contributed by atoms with van der Waals surface area (Å²) in [5, 5.41) is 21.7. The molecule has 0 radical (unpaired) electrons. The van der Waals surface area contributed by atoms with Crippen LogP contribution in [-0.4, -0.2) is 38.8 Å². The second kappa shape index (κ2) is 6.81. The van der Waals surface area contributed by atoms with E-state index in [0.717, 1.165) is 32.1 Å². The molecule has 4 fully saturated rings. The van der Waals surface area contributed by atoms with Gasteiger partial charge >= 0.3 is 0 Å². The van der Waals surface area contributed by atoms with Crippen LogP contribution in [0.25, 0.3) is 0 Å². The second-order valence-electron chi connectivity index (χ2n) is 9.37. The monoisotopic (exact) mass is 399 g/mol. The van der Waals surface area contributed by atoms with Crippen LogP contribution in [0.5, 0.6) is 5.75 Å². The first-order valence-electron chi connectivity index (χ1n) is 11.0. The lowest BCUT2D eigenvalue weighted by molar-refractivity contribution is -0.265. The maximum absolute atomic E-state index is 13.4. The molecule has 0 unspecified atom stereocenters. The third-order valence-corrected chi connectivity index (χ3v) is 7.81. The topological polar surface area (TPSA) is 87.1 Å². The Labute approximate surface area is 170 Å². The van der Waals surface area contributed by atoms with Gasteiger partial charge in [-0.25, -0.2) is 0 Å². The van der Waals surface area contributed by atoms with Crippen LogP contribution in [-0.2, 0) is 14.3 Å². The van der Waals surface area contributed by atoms with Crippen LogP contribution >= 0.6 is 0 Å². The number of hydrogen-bond acceptors (Lipinski definition) is 5. The lowest BCUT2D eigenvalue weighted by Gasteiger charge is -2.43. The lowest BCUT2D eigenvalue weighted by atomic mass is 9.65. The van der Waals surface area contributed by atoms with Gasteiger partial charge in [0, 0.05) is 23.4 Å². The average molecular weight is 399 g/mol. The number of hydrogen-bond donors (Lipinski definition) is 2. The van der Waals surface area contributed by atoms with Crippen LogP contribution in [0.4, 0.5) is 0 Å². The summed E-state index contributed by atoms with van der Waals surface area (Å²) in [5.74, 6) is -3.08. The number of imide groups is 1. The summed E-state index contributed by atoms with van der Waals surface area (Å²) in [4.78, 5) is 28.2. The number of carbonyl (C=O) groups excluding carboxylic acids is 2. The zero-order valence-electron chi connectivity index (χ0n) is 16.8. The Morgan fingerprint density at radius 2 is 1.79 bits per heavy atom. The highest BCUT2D eigenvalue weighted by Crippen LogP contribution is 2.59. The smallest absolute Gasteiger partial charge is 0.233 e. The molecule has 6 atom stereocenters. The third-order valence-electron chi connectivity index (χ3n) is 7.81. The highest BCUT2D eigenvalue weighted by atomic mass is 16.6. The minimum absolute atomic E-state index is 0.00837. The van der Waals surface area contributed by atoms with Crippen LogP contribution < -0.4 is 0 Å². The quantitative estimate of drug-likeness (QED) is 0.746. The van der Waals surface area contributed by atoms with E-state index in [1.165, 1.54) is 0 Å². The number of rotatable bonds is 2. The van der Waals surface area contributed by atoms with Gasteiger partial charge in [-0.1, -0.05) is 44.4 Å². The van der Waals surface area contributed by atoms with E-state index in [0.29, 0.717) is 18.4 Å². The van der Waals surface area contributed by atoms with Crippen molar-refractivity contribution in [2.24, 2.45) is 23.7 Å². The van der Waals surface area contributed by atoms with Gasteiger partial charge < -0.3 is 14.9 Å². The number of nitrogens with zero attached hydrogens (tertiary/aromatic N) is 1. The summed E-state index contributed by atoms with van der Waals surface area (Å²) in [7, 11) is 0. The van der Waals surface area contributed by atoms with Gasteiger partial charge in [0.25, 0.3) is 0 Å². The standard InChI is InChI=1S/C23H29NO5/c1-13-11-16-20(22(27)24(21(16)26)14-7-3-2-4-8-14)17-12-19(29-23(13,17)28)15-9-5-6-10-18(15)25/h5-6,9-10,13-14,16-17,19-20,25,28H,2-4,7-8,11-12H2,1H3/t13-,16-,17-,19-,20-,23+/m0/s1. The molecule has 2 saturated heterocycles. The molecule has 6 heteroatoms. The van der Waals surface area contributed by atoms with E-state index in [4.69, 9.17) is 4.74 Å². The van der Waals surface area contributed by atoms with E-state index in [1.54, 1.807) is 23.1 Å². The zero-order chi connectivity index (χ0) is 20.3. The van der Waals surface area contributed by atoms with Crippen molar-refractivity contribution in [2.45, 2.75) is 69.8 Å². The lowest BCUT2D eigenvalue weighted by Crippen LogP contribution is -2.52. The number of phenolic OH excluding ortho intramolecular Hbond substituents is 1. The predicted octanol–water partition coefficient (Wildman–Crippen LogP) is 3.13. The number of para-hydroxylation sites is 1. The Hall–Kier alpha value is -1.92. The summed E-state index contributed by atoms with van der Waals surface area (Å²) in [6.07, 6.45) is 5.44. The molecule has 0 aromatic heterocycles. The molecular formula is C23H29NO5. The van der Waals surface area contributed by atoms with Crippen molar-refractivity contribution in [3.63, 3.8) is 0 Å². The second-order valence-corrected chi connectivity index (χ2v) is 9.37. The van der Waals surface area contributed by atoms with E-state index in [1.807, 2.05) is 13.0 Å². The van der Waals surface area contributed by atoms with Crippen molar-refractivity contribution < 1.29 is 24.5 Å². The molecule has 2 aliphatic heterocycles. The number of fused-ring (bicyclic) bond motifs is 3. The molecule has 5 rings (SSSR count). The number of phenols is 1. The van der Waals surface area contributed by atoms with E-state index >= 15 is 0 Å². The maximum atomic E-state index is 13.4. The molecule has 2 heterocycles.